The van der Waals surface area contributed by atoms with Gasteiger partial charge in [0.25, 0.3) is 5.91 Å². The summed E-state index contributed by atoms with van der Waals surface area (Å²) in [5.41, 5.74) is 5.34. The van der Waals surface area contributed by atoms with Gasteiger partial charge in [-0.05, 0) is 23.6 Å². The lowest BCUT2D eigenvalue weighted by molar-refractivity contribution is 0.0954. The Morgan fingerprint density at radius 3 is 2.41 bits per heavy atom. The summed E-state index contributed by atoms with van der Waals surface area (Å²) >= 11 is 0. The largest absolute Gasteiger partial charge is 0.352 e. The van der Waals surface area contributed by atoms with Crippen molar-refractivity contribution in [3.8, 4) is 22.4 Å². The summed E-state index contributed by atoms with van der Waals surface area (Å²) in [7, 11) is 0. The number of hydrogen-bond acceptors (Lipinski definition) is 3. The summed E-state index contributed by atoms with van der Waals surface area (Å²) in [5.74, 6) is -0.125. The van der Waals surface area contributed by atoms with Gasteiger partial charge < -0.3 is 5.32 Å². The Morgan fingerprint density at radius 1 is 0.931 bits per heavy atom. The van der Waals surface area contributed by atoms with Crippen LogP contribution < -0.4 is 5.32 Å². The molecule has 4 rings (SSSR count). The van der Waals surface area contributed by atoms with Gasteiger partial charge in [0.2, 0.25) is 0 Å². The Balaban J connectivity index is 1.60. The van der Waals surface area contributed by atoms with Gasteiger partial charge >= 0.3 is 0 Å². The molecule has 0 radical (unpaired) electrons. The smallest absolute Gasteiger partial charge is 0.256 e. The van der Waals surface area contributed by atoms with Gasteiger partial charge in [-0.1, -0.05) is 74.4 Å². The molecule has 0 unspecified atom stereocenters. The SMILES string of the molecule is CCCCCNC(=O)c1cnn2c(-c3ccc(-c4ccccc4)cc3)ccnc12. The number of nitrogens with zero attached hydrogens (tertiary/aromatic N) is 3. The number of carbonyl (C=O) groups is 1. The average Bonchev–Trinajstić information content (AvgIpc) is 3.22. The highest BCUT2D eigenvalue weighted by Gasteiger charge is 2.15. The lowest BCUT2D eigenvalue weighted by atomic mass is 10.0. The topological polar surface area (TPSA) is 59.3 Å². The Hall–Kier alpha value is -3.47. The Kier molecular flexibility index (Phi) is 5.66. The lowest BCUT2D eigenvalue weighted by Crippen LogP contribution is -2.24. The third kappa shape index (κ3) is 4.04. The molecule has 2 aromatic carbocycles. The molecule has 1 amide bonds. The minimum absolute atomic E-state index is 0.125. The van der Waals surface area contributed by atoms with E-state index in [1.54, 1.807) is 16.9 Å². The van der Waals surface area contributed by atoms with Crippen molar-refractivity contribution >= 4 is 11.6 Å². The predicted molar refractivity (Wildman–Crippen MR) is 116 cm³/mol. The van der Waals surface area contributed by atoms with Crippen LogP contribution in [0.2, 0.25) is 0 Å². The first-order chi connectivity index (χ1) is 14.3. The average molecular weight is 384 g/mol. The zero-order valence-electron chi connectivity index (χ0n) is 16.5. The maximum Gasteiger partial charge on any atom is 0.256 e. The van der Waals surface area contributed by atoms with Crippen molar-refractivity contribution in [3.05, 3.63) is 78.6 Å². The highest BCUT2D eigenvalue weighted by molar-refractivity contribution is 5.99. The second-order valence-electron chi connectivity index (χ2n) is 7.03. The minimum Gasteiger partial charge on any atom is -0.352 e. The van der Waals surface area contributed by atoms with Gasteiger partial charge in [-0.25, -0.2) is 9.50 Å². The van der Waals surface area contributed by atoms with Gasteiger partial charge in [0.05, 0.1) is 11.9 Å². The molecule has 4 aromatic rings. The van der Waals surface area contributed by atoms with E-state index in [0.29, 0.717) is 17.8 Å². The number of aromatic nitrogens is 3. The summed E-state index contributed by atoms with van der Waals surface area (Å²) in [6.07, 6.45) is 6.54. The van der Waals surface area contributed by atoms with Crippen molar-refractivity contribution in [2.45, 2.75) is 26.2 Å². The number of carbonyl (C=O) groups excluding carboxylic acids is 1. The number of hydrogen-bond donors (Lipinski definition) is 1. The molecule has 0 saturated heterocycles. The van der Waals surface area contributed by atoms with Crippen LogP contribution in [0.3, 0.4) is 0 Å². The van der Waals surface area contributed by atoms with E-state index in [0.717, 1.165) is 36.1 Å². The van der Waals surface area contributed by atoms with E-state index >= 15 is 0 Å². The summed E-state index contributed by atoms with van der Waals surface area (Å²) in [6.45, 7) is 2.82. The minimum atomic E-state index is -0.125. The number of fused-ring (bicyclic) bond motifs is 1. The number of rotatable bonds is 7. The van der Waals surface area contributed by atoms with Gasteiger partial charge in [-0.3, -0.25) is 4.79 Å². The highest BCUT2D eigenvalue weighted by atomic mass is 16.1. The molecule has 0 aliphatic rings. The monoisotopic (exact) mass is 384 g/mol. The molecular weight excluding hydrogens is 360 g/mol. The third-order valence-electron chi connectivity index (χ3n) is 5.00. The Bertz CT molecular complexity index is 1100. The molecule has 1 N–H and O–H groups in total. The molecule has 0 saturated carbocycles. The van der Waals surface area contributed by atoms with E-state index in [1.807, 2.05) is 24.3 Å². The number of benzene rings is 2. The summed E-state index contributed by atoms with van der Waals surface area (Å²) in [6, 6.07) is 20.5. The van der Waals surface area contributed by atoms with Gasteiger partial charge in [0.1, 0.15) is 5.56 Å². The van der Waals surface area contributed by atoms with Crippen LogP contribution in [0.5, 0.6) is 0 Å². The molecule has 5 heteroatoms. The fourth-order valence-corrected chi connectivity index (χ4v) is 3.41. The molecule has 0 aliphatic carbocycles. The van der Waals surface area contributed by atoms with Crippen LogP contribution in [-0.4, -0.2) is 27.0 Å². The maximum atomic E-state index is 12.5. The van der Waals surface area contributed by atoms with Crippen LogP contribution in [-0.2, 0) is 0 Å². The fraction of sp³-hybridized carbons (Fsp3) is 0.208. The molecule has 0 bridgehead atoms. The summed E-state index contributed by atoms with van der Waals surface area (Å²) in [5, 5.41) is 7.40. The third-order valence-corrected chi connectivity index (χ3v) is 5.00. The Labute approximate surface area is 170 Å². The van der Waals surface area contributed by atoms with Gasteiger partial charge in [-0.15, -0.1) is 0 Å². The first kappa shape index (κ1) is 18.9. The molecule has 146 valence electrons. The first-order valence-electron chi connectivity index (χ1n) is 10.0. The number of amides is 1. The van der Waals surface area contributed by atoms with Crippen LogP contribution in [0, 0.1) is 0 Å². The van der Waals surface area contributed by atoms with Crippen LogP contribution in [0.4, 0.5) is 0 Å². The quantitative estimate of drug-likeness (QED) is 0.457. The standard InChI is InChI=1S/C24H24N4O/c1-2-3-7-15-26-24(29)21-17-27-28-22(14-16-25-23(21)28)20-12-10-19(11-13-20)18-8-5-4-6-9-18/h4-6,8-14,16-17H,2-3,7,15H2,1H3,(H,26,29). The summed E-state index contributed by atoms with van der Waals surface area (Å²) in [4.78, 5) is 16.9. The fourth-order valence-electron chi connectivity index (χ4n) is 3.41. The van der Waals surface area contributed by atoms with Crippen LogP contribution >= 0.6 is 0 Å². The van der Waals surface area contributed by atoms with Crippen molar-refractivity contribution in [2.24, 2.45) is 0 Å². The molecule has 0 spiro atoms. The van der Waals surface area contributed by atoms with E-state index in [9.17, 15) is 4.79 Å². The number of nitrogens with one attached hydrogen (secondary N) is 1. The maximum absolute atomic E-state index is 12.5. The van der Waals surface area contributed by atoms with Gasteiger partial charge in [-0.2, -0.15) is 5.10 Å². The first-order valence-corrected chi connectivity index (χ1v) is 10.0. The normalized spacial score (nSPS) is 10.9. The van der Waals surface area contributed by atoms with E-state index in [2.05, 4.69) is 58.7 Å². The molecule has 2 heterocycles. The summed E-state index contributed by atoms with van der Waals surface area (Å²) < 4.78 is 1.73. The Morgan fingerprint density at radius 2 is 1.66 bits per heavy atom. The second-order valence-corrected chi connectivity index (χ2v) is 7.03. The van der Waals surface area contributed by atoms with Crippen LogP contribution in [0.1, 0.15) is 36.5 Å². The van der Waals surface area contributed by atoms with Gasteiger partial charge in [0, 0.05) is 18.3 Å². The van der Waals surface area contributed by atoms with Crippen LogP contribution in [0.15, 0.2) is 73.1 Å². The van der Waals surface area contributed by atoms with E-state index in [4.69, 9.17) is 0 Å². The zero-order valence-corrected chi connectivity index (χ0v) is 16.5. The van der Waals surface area contributed by atoms with E-state index in [1.165, 1.54) is 5.56 Å². The van der Waals surface area contributed by atoms with Gasteiger partial charge in [0.15, 0.2) is 5.65 Å². The molecular formula is C24H24N4O. The van der Waals surface area contributed by atoms with Crippen molar-refractivity contribution in [1.29, 1.82) is 0 Å². The number of unbranched alkanes of at least 4 members (excludes halogenated alkanes) is 2. The van der Waals surface area contributed by atoms with Crippen LogP contribution in [0.25, 0.3) is 28.0 Å². The van der Waals surface area contributed by atoms with Crippen molar-refractivity contribution < 1.29 is 4.79 Å². The highest BCUT2D eigenvalue weighted by Crippen LogP contribution is 2.25. The molecule has 29 heavy (non-hydrogen) atoms. The molecule has 5 nitrogen and oxygen atoms in total. The lowest BCUT2D eigenvalue weighted by Gasteiger charge is -2.07. The molecule has 2 aromatic heterocycles. The molecule has 0 fully saturated rings. The van der Waals surface area contributed by atoms with Crippen molar-refractivity contribution in [1.82, 2.24) is 19.9 Å². The van der Waals surface area contributed by atoms with E-state index in [-0.39, 0.29) is 5.91 Å². The molecule has 0 aliphatic heterocycles. The second kappa shape index (κ2) is 8.69. The molecule has 0 atom stereocenters. The zero-order chi connectivity index (χ0) is 20.1. The van der Waals surface area contributed by atoms with Crippen molar-refractivity contribution in [2.75, 3.05) is 6.54 Å². The van der Waals surface area contributed by atoms with E-state index < -0.39 is 0 Å². The van der Waals surface area contributed by atoms with Crippen molar-refractivity contribution in [3.63, 3.8) is 0 Å². The predicted octanol–water partition coefficient (Wildman–Crippen LogP) is 4.98.